The van der Waals surface area contributed by atoms with Crippen LogP contribution in [0.1, 0.15) is 77.2 Å². The molecule has 3 heteroatoms. The van der Waals surface area contributed by atoms with Gasteiger partial charge in [0.05, 0.1) is 0 Å². The normalized spacial score (nSPS) is 38.2. The van der Waals surface area contributed by atoms with Crippen LogP contribution < -0.4 is 5.32 Å². The van der Waals surface area contributed by atoms with Crippen molar-refractivity contribution in [1.29, 1.82) is 0 Å². The van der Waals surface area contributed by atoms with Gasteiger partial charge in [-0.1, -0.05) is 37.5 Å². The van der Waals surface area contributed by atoms with E-state index in [0.29, 0.717) is 12.3 Å². The number of rotatable bonds is 2. The molecule has 0 bridgehead atoms. The summed E-state index contributed by atoms with van der Waals surface area (Å²) >= 11 is 0. The number of carbonyl (C=O) groups is 1. The maximum atomic E-state index is 12.2. The summed E-state index contributed by atoms with van der Waals surface area (Å²) in [6.45, 7) is 6.59. The van der Waals surface area contributed by atoms with Crippen LogP contribution in [0.25, 0.3) is 0 Å². The molecule has 2 saturated carbocycles. The zero-order chi connectivity index (χ0) is 22.7. The number of fused-ring (bicyclic) bond motifs is 4. The fourth-order valence-corrected chi connectivity index (χ4v) is 7.82. The van der Waals surface area contributed by atoms with Gasteiger partial charge in [0.2, 0.25) is 0 Å². The number of hydrogen-bond acceptors (Lipinski definition) is 3. The van der Waals surface area contributed by atoms with E-state index in [2.05, 4.69) is 55.3 Å². The molecule has 1 aromatic rings. The van der Waals surface area contributed by atoms with Crippen molar-refractivity contribution in [3.63, 3.8) is 0 Å². The molecular formula is C29H35NO2. The van der Waals surface area contributed by atoms with Gasteiger partial charge < -0.3 is 10.4 Å². The summed E-state index contributed by atoms with van der Waals surface area (Å²) in [5.41, 5.74) is 5.52. The number of ketones is 1. The summed E-state index contributed by atoms with van der Waals surface area (Å²) in [7, 11) is 1.95. The molecule has 4 aliphatic carbocycles. The Bertz CT molecular complexity index is 1080. The third kappa shape index (κ3) is 2.88. The second-order valence-electron chi connectivity index (χ2n) is 10.8. The van der Waals surface area contributed by atoms with Crippen LogP contribution in [0, 0.1) is 28.6 Å². The molecule has 0 heterocycles. The van der Waals surface area contributed by atoms with Gasteiger partial charge in [-0.05, 0) is 91.7 Å². The zero-order valence-electron chi connectivity index (χ0n) is 19.8. The Kier molecular flexibility index (Phi) is 4.95. The summed E-state index contributed by atoms with van der Waals surface area (Å²) < 4.78 is 0. The van der Waals surface area contributed by atoms with Crippen LogP contribution in [0.15, 0.2) is 47.1 Å². The summed E-state index contributed by atoms with van der Waals surface area (Å²) in [6, 6.07) is 8.81. The molecule has 168 valence electrons. The maximum Gasteiger partial charge on any atom is 0.156 e. The minimum atomic E-state index is -0.937. The fourth-order valence-electron chi connectivity index (χ4n) is 7.82. The minimum absolute atomic E-state index is 0.0201. The lowest BCUT2D eigenvalue weighted by Gasteiger charge is -2.59. The van der Waals surface area contributed by atoms with Crippen molar-refractivity contribution in [2.75, 3.05) is 12.4 Å². The largest absolute Gasteiger partial charge is 0.388 e. The highest BCUT2D eigenvalue weighted by Crippen LogP contribution is 2.71. The van der Waals surface area contributed by atoms with Gasteiger partial charge in [-0.2, -0.15) is 0 Å². The predicted molar refractivity (Wildman–Crippen MR) is 129 cm³/mol. The topological polar surface area (TPSA) is 49.3 Å². The molecule has 5 rings (SSSR count). The smallest absolute Gasteiger partial charge is 0.156 e. The molecule has 5 atom stereocenters. The third-order valence-electron chi connectivity index (χ3n) is 9.39. The Morgan fingerprint density at radius 3 is 2.53 bits per heavy atom. The highest BCUT2D eigenvalue weighted by Gasteiger charge is 2.66. The molecular weight excluding hydrogens is 394 g/mol. The standard InChI is InChI=1S/C29H35NO2/c1-5-14-29(32)16-13-25-27(2)15-12-20-17-22(31)10-11-23(20)26(27)24(18-28(25,29)3)19-6-8-21(30-4)9-7-19/h6-9,17,24-25,30,32H,10-13,15-16,18H2,1-4H3/t24?,25-,27-,28-,29-/m0/s1. The van der Waals surface area contributed by atoms with Gasteiger partial charge in [-0.15, -0.1) is 5.92 Å². The molecule has 1 aromatic carbocycles. The first kappa shape index (κ1) is 21.5. The highest BCUT2D eigenvalue weighted by atomic mass is 16.3. The van der Waals surface area contributed by atoms with Crippen LogP contribution in [-0.4, -0.2) is 23.5 Å². The lowest BCUT2D eigenvalue weighted by Crippen LogP contribution is -2.54. The SMILES string of the molecule is CC#C[C@]1(O)CC[C@@H]2[C@]1(C)CC(c1ccc(NC)cc1)C1=C3CCC(=O)C=C3CC[C@]12C. The molecule has 1 unspecified atom stereocenters. The van der Waals surface area contributed by atoms with E-state index in [4.69, 9.17) is 0 Å². The lowest BCUT2D eigenvalue weighted by atomic mass is 9.45. The van der Waals surface area contributed by atoms with Crippen LogP contribution in [-0.2, 0) is 4.79 Å². The van der Waals surface area contributed by atoms with Crippen molar-refractivity contribution in [2.24, 2.45) is 16.7 Å². The molecule has 0 amide bonds. The van der Waals surface area contributed by atoms with Crippen molar-refractivity contribution >= 4 is 11.5 Å². The molecule has 0 spiro atoms. The Labute approximate surface area is 192 Å². The van der Waals surface area contributed by atoms with Gasteiger partial charge in [0, 0.05) is 30.5 Å². The van der Waals surface area contributed by atoms with E-state index in [-0.39, 0.29) is 22.5 Å². The molecule has 0 saturated heterocycles. The van der Waals surface area contributed by atoms with E-state index in [1.54, 1.807) is 5.57 Å². The predicted octanol–water partition coefficient (Wildman–Crippen LogP) is 5.77. The van der Waals surface area contributed by atoms with Gasteiger partial charge >= 0.3 is 0 Å². The summed E-state index contributed by atoms with van der Waals surface area (Å²) in [4.78, 5) is 12.2. The summed E-state index contributed by atoms with van der Waals surface area (Å²) in [6.07, 6.45) is 8.09. The van der Waals surface area contributed by atoms with Gasteiger partial charge in [0.1, 0.15) is 5.60 Å². The summed E-state index contributed by atoms with van der Waals surface area (Å²) in [5.74, 6) is 7.21. The highest BCUT2D eigenvalue weighted by molar-refractivity contribution is 5.93. The first-order valence-electron chi connectivity index (χ1n) is 12.2. The Balaban J connectivity index is 1.73. The van der Waals surface area contributed by atoms with Crippen LogP contribution >= 0.6 is 0 Å². The maximum absolute atomic E-state index is 12.2. The van der Waals surface area contributed by atoms with E-state index in [0.717, 1.165) is 44.2 Å². The fraction of sp³-hybridized carbons (Fsp3) is 0.552. The van der Waals surface area contributed by atoms with Crippen LogP contribution in [0.3, 0.4) is 0 Å². The van der Waals surface area contributed by atoms with Crippen molar-refractivity contribution in [3.05, 3.63) is 52.6 Å². The second kappa shape index (κ2) is 7.35. The first-order chi connectivity index (χ1) is 15.3. The van der Waals surface area contributed by atoms with Gasteiger partial charge in [-0.25, -0.2) is 0 Å². The second-order valence-corrected chi connectivity index (χ2v) is 10.8. The van der Waals surface area contributed by atoms with Crippen molar-refractivity contribution < 1.29 is 9.90 Å². The molecule has 0 aromatic heterocycles. The van der Waals surface area contributed by atoms with Crippen molar-refractivity contribution in [2.45, 2.75) is 77.2 Å². The Morgan fingerprint density at radius 2 is 1.84 bits per heavy atom. The van der Waals surface area contributed by atoms with E-state index in [9.17, 15) is 9.90 Å². The number of allylic oxidation sites excluding steroid dienone is 4. The molecule has 0 radical (unpaired) electrons. The number of carbonyl (C=O) groups excluding carboxylic acids is 1. The van der Waals surface area contributed by atoms with Crippen molar-refractivity contribution in [1.82, 2.24) is 0 Å². The van der Waals surface area contributed by atoms with E-state index >= 15 is 0 Å². The van der Waals surface area contributed by atoms with E-state index in [1.807, 2.05) is 20.0 Å². The van der Waals surface area contributed by atoms with Gasteiger partial charge in [-0.3, -0.25) is 4.79 Å². The zero-order valence-corrected chi connectivity index (χ0v) is 19.8. The average molecular weight is 430 g/mol. The number of anilines is 1. The monoisotopic (exact) mass is 429 g/mol. The van der Waals surface area contributed by atoms with E-state index in [1.165, 1.54) is 16.7 Å². The number of aliphatic hydroxyl groups is 1. The molecule has 4 aliphatic rings. The molecule has 0 aliphatic heterocycles. The van der Waals surface area contributed by atoms with Crippen LogP contribution in [0.2, 0.25) is 0 Å². The number of nitrogens with one attached hydrogen (secondary N) is 1. The Morgan fingerprint density at radius 1 is 1.09 bits per heavy atom. The average Bonchev–Trinajstić information content (AvgIpc) is 3.04. The van der Waals surface area contributed by atoms with Gasteiger partial charge in [0.25, 0.3) is 0 Å². The van der Waals surface area contributed by atoms with E-state index < -0.39 is 5.60 Å². The Hall–Kier alpha value is -2.31. The first-order valence-corrected chi connectivity index (χ1v) is 12.2. The lowest BCUT2D eigenvalue weighted by molar-refractivity contribution is -0.114. The minimum Gasteiger partial charge on any atom is -0.388 e. The summed E-state index contributed by atoms with van der Waals surface area (Å²) in [5, 5.41) is 15.0. The van der Waals surface area contributed by atoms with Crippen molar-refractivity contribution in [3.8, 4) is 11.8 Å². The van der Waals surface area contributed by atoms with Crippen LogP contribution in [0.5, 0.6) is 0 Å². The molecule has 32 heavy (non-hydrogen) atoms. The number of hydrogen-bond donors (Lipinski definition) is 2. The molecule has 3 nitrogen and oxygen atoms in total. The quantitative estimate of drug-likeness (QED) is 0.587. The van der Waals surface area contributed by atoms with Crippen LogP contribution in [0.4, 0.5) is 5.69 Å². The van der Waals surface area contributed by atoms with Gasteiger partial charge in [0.15, 0.2) is 5.78 Å². The number of benzene rings is 1. The molecule has 2 N–H and O–H groups in total. The third-order valence-corrected chi connectivity index (χ3v) is 9.39. The molecule has 2 fully saturated rings.